The van der Waals surface area contributed by atoms with Crippen molar-refractivity contribution in [1.29, 1.82) is 0 Å². The van der Waals surface area contributed by atoms with Crippen molar-refractivity contribution in [2.75, 3.05) is 19.8 Å². The first kappa shape index (κ1) is 12.5. The maximum absolute atomic E-state index is 13.5. The molecule has 17 heavy (non-hydrogen) atoms. The van der Waals surface area contributed by atoms with Crippen LogP contribution in [0.15, 0.2) is 18.2 Å². The summed E-state index contributed by atoms with van der Waals surface area (Å²) in [5.74, 6) is -0.0545. The summed E-state index contributed by atoms with van der Waals surface area (Å²) in [7, 11) is 0. The molecule has 2 rings (SSSR count). The van der Waals surface area contributed by atoms with E-state index in [9.17, 15) is 4.39 Å². The van der Waals surface area contributed by atoms with E-state index in [2.05, 4.69) is 5.32 Å². The fourth-order valence-electron chi connectivity index (χ4n) is 2.42. The number of nitrogens with one attached hydrogen (secondary N) is 1. The standard InChI is InChI=1S/C14H20FNO/c1-2-17-10-4-9-16-14-8-7-11-12(14)5-3-6-13(11)15/h3,5-6,14,16H,2,4,7-10H2,1H3. The fourth-order valence-corrected chi connectivity index (χ4v) is 2.42. The molecule has 1 aliphatic carbocycles. The van der Waals surface area contributed by atoms with Crippen LogP contribution in [-0.4, -0.2) is 19.8 Å². The number of ether oxygens (including phenoxy) is 1. The third-order valence-electron chi connectivity index (χ3n) is 3.27. The van der Waals surface area contributed by atoms with Crippen LogP contribution in [0.4, 0.5) is 4.39 Å². The molecule has 1 aliphatic rings. The highest BCUT2D eigenvalue weighted by atomic mass is 19.1. The van der Waals surface area contributed by atoms with E-state index < -0.39 is 0 Å². The minimum atomic E-state index is -0.0545. The lowest BCUT2D eigenvalue weighted by molar-refractivity contribution is 0.144. The smallest absolute Gasteiger partial charge is 0.126 e. The maximum atomic E-state index is 13.5. The first-order valence-electron chi connectivity index (χ1n) is 6.41. The first-order chi connectivity index (χ1) is 8.33. The second-order valence-electron chi connectivity index (χ2n) is 4.40. The molecule has 0 saturated heterocycles. The molecule has 1 aromatic rings. The van der Waals surface area contributed by atoms with E-state index in [4.69, 9.17) is 4.74 Å². The average molecular weight is 237 g/mol. The average Bonchev–Trinajstić information content (AvgIpc) is 2.74. The van der Waals surface area contributed by atoms with Gasteiger partial charge in [-0.15, -0.1) is 0 Å². The van der Waals surface area contributed by atoms with Gasteiger partial charge in [-0.05, 0) is 49.9 Å². The molecule has 0 radical (unpaired) electrons. The fraction of sp³-hybridized carbons (Fsp3) is 0.571. The maximum Gasteiger partial charge on any atom is 0.126 e. The Morgan fingerprint density at radius 2 is 2.35 bits per heavy atom. The quantitative estimate of drug-likeness (QED) is 0.768. The minimum Gasteiger partial charge on any atom is -0.382 e. The minimum absolute atomic E-state index is 0.0545. The zero-order valence-electron chi connectivity index (χ0n) is 10.3. The lowest BCUT2D eigenvalue weighted by Crippen LogP contribution is -2.21. The zero-order chi connectivity index (χ0) is 12.1. The van der Waals surface area contributed by atoms with Gasteiger partial charge in [0.2, 0.25) is 0 Å². The summed E-state index contributed by atoms with van der Waals surface area (Å²) >= 11 is 0. The van der Waals surface area contributed by atoms with Gasteiger partial charge in [-0.3, -0.25) is 0 Å². The van der Waals surface area contributed by atoms with Crippen molar-refractivity contribution in [2.45, 2.75) is 32.2 Å². The summed E-state index contributed by atoms with van der Waals surface area (Å²) < 4.78 is 18.8. The highest BCUT2D eigenvalue weighted by Gasteiger charge is 2.23. The number of benzene rings is 1. The highest BCUT2D eigenvalue weighted by molar-refractivity contribution is 5.35. The molecule has 2 nitrogen and oxygen atoms in total. The topological polar surface area (TPSA) is 21.3 Å². The normalized spacial score (nSPS) is 18.4. The molecular weight excluding hydrogens is 217 g/mol. The molecule has 0 aromatic heterocycles. The third-order valence-corrected chi connectivity index (χ3v) is 3.27. The molecule has 0 bridgehead atoms. The first-order valence-corrected chi connectivity index (χ1v) is 6.41. The van der Waals surface area contributed by atoms with E-state index in [0.29, 0.717) is 6.04 Å². The third kappa shape index (κ3) is 3.05. The summed E-state index contributed by atoms with van der Waals surface area (Å²) in [6.07, 6.45) is 2.87. The summed E-state index contributed by atoms with van der Waals surface area (Å²) in [5.41, 5.74) is 2.04. The number of hydrogen-bond donors (Lipinski definition) is 1. The second kappa shape index (κ2) is 6.12. The number of rotatable bonds is 6. The second-order valence-corrected chi connectivity index (χ2v) is 4.40. The SMILES string of the molecule is CCOCCCNC1CCc2c(F)cccc21. The highest BCUT2D eigenvalue weighted by Crippen LogP contribution is 2.32. The van der Waals surface area contributed by atoms with Crippen LogP contribution in [0.1, 0.15) is 36.9 Å². The lowest BCUT2D eigenvalue weighted by Gasteiger charge is -2.13. The molecule has 3 heteroatoms. The number of hydrogen-bond acceptors (Lipinski definition) is 2. The van der Waals surface area contributed by atoms with Gasteiger partial charge in [0.15, 0.2) is 0 Å². The van der Waals surface area contributed by atoms with Gasteiger partial charge in [-0.1, -0.05) is 12.1 Å². The predicted molar refractivity (Wildman–Crippen MR) is 66.6 cm³/mol. The molecule has 0 heterocycles. The number of halogens is 1. The van der Waals surface area contributed by atoms with Crippen molar-refractivity contribution in [2.24, 2.45) is 0 Å². The molecule has 0 fully saturated rings. The van der Waals surface area contributed by atoms with Crippen LogP contribution in [0.5, 0.6) is 0 Å². The Labute approximate surface area is 102 Å². The lowest BCUT2D eigenvalue weighted by atomic mass is 10.1. The zero-order valence-corrected chi connectivity index (χ0v) is 10.3. The number of fused-ring (bicyclic) bond motifs is 1. The van der Waals surface area contributed by atoms with Gasteiger partial charge < -0.3 is 10.1 Å². The van der Waals surface area contributed by atoms with Gasteiger partial charge in [-0.2, -0.15) is 0 Å². The molecule has 0 spiro atoms. The largest absolute Gasteiger partial charge is 0.382 e. The van der Waals surface area contributed by atoms with Crippen LogP contribution in [0.25, 0.3) is 0 Å². The van der Waals surface area contributed by atoms with Crippen molar-refractivity contribution in [3.05, 3.63) is 35.1 Å². The summed E-state index contributed by atoms with van der Waals surface area (Å²) in [6, 6.07) is 5.71. The molecule has 0 amide bonds. The van der Waals surface area contributed by atoms with Crippen LogP contribution >= 0.6 is 0 Å². The Bertz CT molecular complexity index is 367. The molecule has 1 atom stereocenters. The van der Waals surface area contributed by atoms with E-state index in [-0.39, 0.29) is 5.82 Å². The summed E-state index contributed by atoms with van der Waals surface area (Å²) in [4.78, 5) is 0. The monoisotopic (exact) mass is 237 g/mol. The van der Waals surface area contributed by atoms with Gasteiger partial charge in [-0.25, -0.2) is 4.39 Å². The Kier molecular flexibility index (Phi) is 4.51. The Balaban J connectivity index is 1.83. The van der Waals surface area contributed by atoms with Crippen LogP contribution in [-0.2, 0) is 11.2 Å². The van der Waals surface area contributed by atoms with Crippen molar-refractivity contribution >= 4 is 0 Å². The van der Waals surface area contributed by atoms with Crippen molar-refractivity contribution in [3.63, 3.8) is 0 Å². The molecule has 1 N–H and O–H groups in total. The molecular formula is C14H20FNO. The van der Waals surface area contributed by atoms with E-state index in [1.54, 1.807) is 12.1 Å². The van der Waals surface area contributed by atoms with Gasteiger partial charge in [0.05, 0.1) is 0 Å². The Morgan fingerprint density at radius 3 is 3.18 bits per heavy atom. The summed E-state index contributed by atoms with van der Waals surface area (Å²) in [6.45, 7) is 4.51. The van der Waals surface area contributed by atoms with Gasteiger partial charge in [0.1, 0.15) is 5.82 Å². The van der Waals surface area contributed by atoms with E-state index in [1.165, 1.54) is 0 Å². The Morgan fingerprint density at radius 1 is 1.47 bits per heavy atom. The van der Waals surface area contributed by atoms with Crippen LogP contribution in [0, 0.1) is 5.82 Å². The van der Waals surface area contributed by atoms with Crippen LogP contribution in [0.3, 0.4) is 0 Å². The van der Waals surface area contributed by atoms with E-state index >= 15 is 0 Å². The molecule has 0 aliphatic heterocycles. The Hall–Kier alpha value is -0.930. The predicted octanol–water partition coefficient (Wildman–Crippen LogP) is 2.83. The molecule has 0 saturated carbocycles. The molecule has 94 valence electrons. The van der Waals surface area contributed by atoms with Crippen LogP contribution in [0.2, 0.25) is 0 Å². The van der Waals surface area contributed by atoms with Gasteiger partial charge >= 0.3 is 0 Å². The van der Waals surface area contributed by atoms with Crippen LogP contribution < -0.4 is 5.32 Å². The molecule has 1 unspecified atom stereocenters. The van der Waals surface area contributed by atoms with Gasteiger partial charge in [0.25, 0.3) is 0 Å². The summed E-state index contributed by atoms with van der Waals surface area (Å²) in [5, 5.41) is 3.48. The van der Waals surface area contributed by atoms with Crippen molar-refractivity contribution < 1.29 is 9.13 Å². The van der Waals surface area contributed by atoms with E-state index in [1.807, 2.05) is 13.0 Å². The van der Waals surface area contributed by atoms with Crippen molar-refractivity contribution in [1.82, 2.24) is 5.32 Å². The van der Waals surface area contributed by atoms with E-state index in [0.717, 1.165) is 50.1 Å². The van der Waals surface area contributed by atoms with Crippen molar-refractivity contribution in [3.8, 4) is 0 Å². The molecule has 1 aromatic carbocycles. The van der Waals surface area contributed by atoms with Gasteiger partial charge in [0, 0.05) is 19.3 Å².